The van der Waals surface area contributed by atoms with Crippen molar-refractivity contribution in [1.82, 2.24) is 24.9 Å². The Bertz CT molecular complexity index is 1140. The topological polar surface area (TPSA) is 103 Å². The molecule has 2 aliphatic rings. The van der Waals surface area contributed by atoms with Crippen LogP contribution < -0.4 is 20.0 Å². The maximum absolute atomic E-state index is 13.1. The van der Waals surface area contributed by atoms with Gasteiger partial charge in [-0.05, 0) is 19.1 Å². The van der Waals surface area contributed by atoms with Crippen LogP contribution in [-0.2, 0) is 0 Å². The number of hydrogen-bond donors (Lipinski definition) is 1. The Hall–Kier alpha value is -3.96. The van der Waals surface area contributed by atoms with Crippen LogP contribution in [0.2, 0.25) is 0 Å². The van der Waals surface area contributed by atoms with E-state index in [2.05, 4.69) is 30.2 Å². The number of carbonyl (C=O) groups excluding carboxylic acids is 1. The molecule has 176 valence electrons. The summed E-state index contributed by atoms with van der Waals surface area (Å²) in [7, 11) is 0. The van der Waals surface area contributed by atoms with Gasteiger partial charge in [0.05, 0.1) is 49.1 Å². The zero-order chi connectivity index (χ0) is 23.7. The lowest BCUT2D eigenvalue weighted by Crippen LogP contribution is -2.53. The van der Waals surface area contributed by atoms with Crippen LogP contribution >= 0.6 is 0 Å². The molecule has 1 amide bonds. The highest BCUT2D eigenvalue weighted by molar-refractivity contribution is 6.04. The highest BCUT2D eigenvalue weighted by Crippen LogP contribution is 2.22. The Morgan fingerprint density at radius 2 is 1.62 bits per heavy atom. The van der Waals surface area contributed by atoms with E-state index in [4.69, 9.17) is 0 Å². The lowest BCUT2D eigenvalue weighted by Gasteiger charge is -2.39. The fourth-order valence-corrected chi connectivity index (χ4v) is 3.96. The molecule has 0 saturated carbocycles. The van der Waals surface area contributed by atoms with E-state index >= 15 is 0 Å². The van der Waals surface area contributed by atoms with Gasteiger partial charge in [-0.3, -0.25) is 4.79 Å². The quantitative estimate of drug-likeness (QED) is 0.603. The second-order valence-corrected chi connectivity index (χ2v) is 8.32. The third kappa shape index (κ3) is 4.56. The minimum Gasteiger partial charge on any atom is -0.351 e. The van der Waals surface area contributed by atoms with Gasteiger partial charge in [0, 0.05) is 31.9 Å². The first-order chi connectivity index (χ1) is 16.5. The molecule has 34 heavy (non-hydrogen) atoms. The van der Waals surface area contributed by atoms with Gasteiger partial charge in [-0.15, -0.1) is 0 Å². The summed E-state index contributed by atoms with van der Waals surface area (Å²) in [4.78, 5) is 39.6. The van der Waals surface area contributed by atoms with Crippen molar-refractivity contribution in [2.45, 2.75) is 19.1 Å². The molecule has 0 aromatic carbocycles. The fourth-order valence-electron chi connectivity index (χ4n) is 3.96. The average Bonchev–Trinajstić information content (AvgIpc) is 2.83. The van der Waals surface area contributed by atoms with Crippen molar-refractivity contribution in [3.05, 3.63) is 54.5 Å². The van der Waals surface area contributed by atoms with Crippen LogP contribution in [0, 0.1) is 5.82 Å². The van der Waals surface area contributed by atoms with Gasteiger partial charge in [0.25, 0.3) is 5.91 Å². The van der Waals surface area contributed by atoms with Crippen LogP contribution in [0.3, 0.4) is 0 Å². The number of halogens is 2. The van der Waals surface area contributed by atoms with Crippen LogP contribution in [0.5, 0.6) is 0 Å². The van der Waals surface area contributed by atoms with E-state index in [9.17, 15) is 13.6 Å². The Balaban J connectivity index is 1.17. The fraction of sp³-hybridized carbons (Fsp3) is 0.364. The monoisotopic (exact) mass is 467 g/mol. The summed E-state index contributed by atoms with van der Waals surface area (Å²) in [5, 5.41) is 2.76. The average molecular weight is 467 g/mol. The molecule has 5 heterocycles. The van der Waals surface area contributed by atoms with Crippen LogP contribution in [0.15, 0.2) is 43.1 Å². The molecule has 1 N–H and O–H groups in total. The number of carbonyl (C=O) groups is 1. The number of rotatable bonds is 5. The van der Waals surface area contributed by atoms with Crippen LogP contribution in [0.4, 0.5) is 32.2 Å². The van der Waals surface area contributed by atoms with Crippen molar-refractivity contribution >= 4 is 29.3 Å². The number of piperazine rings is 1. The summed E-state index contributed by atoms with van der Waals surface area (Å²) in [6.07, 6.45) is 6.09. The lowest BCUT2D eigenvalue weighted by molar-refractivity contribution is 0.102. The number of aromatic nitrogens is 5. The minimum atomic E-state index is -0.816. The molecule has 2 aliphatic heterocycles. The van der Waals surface area contributed by atoms with Crippen molar-refractivity contribution in [3.63, 3.8) is 0 Å². The first-order valence-corrected chi connectivity index (χ1v) is 10.9. The summed E-state index contributed by atoms with van der Waals surface area (Å²) < 4.78 is 26.1. The largest absolute Gasteiger partial charge is 0.351 e. The van der Waals surface area contributed by atoms with E-state index < -0.39 is 12.0 Å². The third-order valence-electron chi connectivity index (χ3n) is 5.84. The molecular formula is C22H23F2N9O. The summed E-state index contributed by atoms with van der Waals surface area (Å²) in [5.74, 6) is 0.900. The van der Waals surface area contributed by atoms with Crippen molar-refractivity contribution in [2.75, 3.05) is 52.7 Å². The van der Waals surface area contributed by atoms with E-state index in [0.717, 1.165) is 12.4 Å². The molecular weight excluding hydrogens is 444 g/mol. The van der Waals surface area contributed by atoms with Crippen LogP contribution in [0.25, 0.3) is 0 Å². The Labute approximate surface area is 194 Å². The van der Waals surface area contributed by atoms with Crippen molar-refractivity contribution < 1.29 is 13.6 Å². The molecule has 12 heteroatoms. The highest BCUT2D eigenvalue weighted by atomic mass is 19.1. The molecule has 3 aromatic heterocycles. The number of alkyl halides is 1. The van der Waals surface area contributed by atoms with Gasteiger partial charge in [-0.1, -0.05) is 0 Å². The Kier molecular flexibility index (Phi) is 5.86. The first-order valence-electron chi connectivity index (χ1n) is 10.9. The highest BCUT2D eigenvalue weighted by Gasteiger charge is 2.28. The maximum atomic E-state index is 13.1. The summed E-state index contributed by atoms with van der Waals surface area (Å²) in [6.45, 7) is 4.62. The molecule has 0 aliphatic carbocycles. The van der Waals surface area contributed by atoms with Gasteiger partial charge in [0.15, 0.2) is 5.82 Å². The van der Waals surface area contributed by atoms with E-state index in [1.807, 2.05) is 21.6 Å². The molecule has 2 fully saturated rings. The standard InChI is InChI=1S/C22H23F2N9O/c1-14-11-31(4-5-33(14)22-26-7-16(23)8-27-22)21-28-9-18(10-29-21)30-20(34)15-2-3-19(25-6-15)32-12-17(24)13-32/h2-3,6-10,14,17H,4-5,11-13H2,1H3,(H,30,34)/t14-/m0/s1. The second kappa shape index (κ2) is 9.12. The Morgan fingerprint density at radius 1 is 0.912 bits per heavy atom. The summed E-state index contributed by atoms with van der Waals surface area (Å²) >= 11 is 0. The number of hydrogen-bond acceptors (Lipinski definition) is 9. The third-order valence-corrected chi connectivity index (χ3v) is 5.84. The van der Waals surface area contributed by atoms with Crippen molar-refractivity contribution in [1.29, 1.82) is 0 Å². The van der Waals surface area contributed by atoms with Gasteiger partial charge < -0.3 is 20.0 Å². The van der Waals surface area contributed by atoms with Crippen LogP contribution in [0.1, 0.15) is 17.3 Å². The van der Waals surface area contributed by atoms with Crippen molar-refractivity contribution in [3.8, 4) is 0 Å². The molecule has 2 saturated heterocycles. The molecule has 10 nitrogen and oxygen atoms in total. The van der Waals surface area contributed by atoms with Crippen molar-refractivity contribution in [2.24, 2.45) is 0 Å². The van der Waals surface area contributed by atoms with E-state index in [-0.39, 0.29) is 11.9 Å². The Morgan fingerprint density at radius 3 is 2.24 bits per heavy atom. The minimum absolute atomic E-state index is 0.0738. The maximum Gasteiger partial charge on any atom is 0.257 e. The molecule has 0 unspecified atom stereocenters. The summed E-state index contributed by atoms with van der Waals surface area (Å²) in [5.41, 5.74) is 0.852. The van der Waals surface area contributed by atoms with E-state index in [0.29, 0.717) is 61.7 Å². The zero-order valence-electron chi connectivity index (χ0n) is 18.5. The second-order valence-electron chi connectivity index (χ2n) is 8.32. The molecule has 5 rings (SSSR count). The van der Waals surface area contributed by atoms with Gasteiger partial charge >= 0.3 is 0 Å². The van der Waals surface area contributed by atoms with E-state index in [1.165, 1.54) is 6.20 Å². The normalized spacial score (nSPS) is 18.6. The number of amides is 1. The first kappa shape index (κ1) is 21.9. The van der Waals surface area contributed by atoms with Gasteiger partial charge in [0.2, 0.25) is 11.9 Å². The van der Waals surface area contributed by atoms with Gasteiger partial charge in [0.1, 0.15) is 12.0 Å². The molecule has 1 atom stereocenters. The van der Waals surface area contributed by atoms with Gasteiger partial charge in [-0.25, -0.2) is 33.7 Å². The number of anilines is 4. The number of nitrogens with one attached hydrogen (secondary N) is 1. The molecule has 0 bridgehead atoms. The SMILES string of the molecule is C[C@H]1CN(c2ncc(NC(=O)c3ccc(N4CC(F)C4)nc3)cn2)CCN1c1ncc(F)cn1. The number of nitrogens with zero attached hydrogens (tertiary/aromatic N) is 8. The van der Waals surface area contributed by atoms with Gasteiger partial charge in [-0.2, -0.15) is 0 Å². The van der Waals surface area contributed by atoms with E-state index in [1.54, 1.807) is 24.5 Å². The lowest BCUT2D eigenvalue weighted by atomic mass is 10.2. The van der Waals surface area contributed by atoms with Crippen LogP contribution in [-0.4, -0.2) is 75.8 Å². The molecule has 0 spiro atoms. The number of pyridine rings is 1. The smallest absolute Gasteiger partial charge is 0.257 e. The molecule has 3 aromatic rings. The summed E-state index contributed by atoms with van der Waals surface area (Å²) in [6, 6.07) is 3.44. The molecule has 0 radical (unpaired) electrons. The predicted molar refractivity (Wildman–Crippen MR) is 122 cm³/mol. The predicted octanol–water partition coefficient (Wildman–Crippen LogP) is 1.93. The zero-order valence-corrected chi connectivity index (χ0v) is 18.5.